The van der Waals surface area contributed by atoms with Gasteiger partial charge in [-0.05, 0) is 22.3 Å². The van der Waals surface area contributed by atoms with Crippen LogP contribution in [-0.4, -0.2) is 74.5 Å². The number of hydrogen-bond acceptors (Lipinski definition) is 7. The molecule has 2 aromatic rings. The van der Waals surface area contributed by atoms with Crippen LogP contribution in [0.2, 0.25) is 0 Å². The van der Waals surface area contributed by atoms with Crippen LogP contribution in [0, 0.1) is 0 Å². The predicted molar refractivity (Wildman–Crippen MR) is 126 cm³/mol. The number of aliphatic carboxylic acids is 1. The van der Waals surface area contributed by atoms with Gasteiger partial charge in [-0.3, -0.25) is 14.4 Å². The SMILES string of the molecule is O=C(O)COCNC(=O)CNC(=O)CNC(=O)CNC(=O)OCC1c2ccccc2-c2ccccc21. The summed E-state index contributed by atoms with van der Waals surface area (Å²) < 4.78 is 9.97. The average Bonchev–Trinajstić information content (AvgIpc) is 3.19. The molecule has 1 aliphatic rings. The fourth-order valence-corrected chi connectivity index (χ4v) is 3.62. The number of rotatable bonds is 12. The average molecular weight is 498 g/mol. The third-order valence-electron chi connectivity index (χ3n) is 5.23. The van der Waals surface area contributed by atoms with Crippen LogP contribution in [0.15, 0.2) is 48.5 Å². The van der Waals surface area contributed by atoms with E-state index in [0.717, 1.165) is 22.3 Å². The van der Waals surface area contributed by atoms with Crippen molar-refractivity contribution < 1.29 is 38.6 Å². The first-order chi connectivity index (χ1) is 17.3. The molecule has 0 fully saturated rings. The largest absolute Gasteiger partial charge is 0.480 e. The lowest BCUT2D eigenvalue weighted by atomic mass is 9.98. The van der Waals surface area contributed by atoms with Gasteiger partial charge in [-0.15, -0.1) is 0 Å². The Bertz CT molecular complexity index is 1090. The number of carboxylic acids is 1. The molecule has 0 aromatic heterocycles. The van der Waals surface area contributed by atoms with Crippen molar-refractivity contribution in [1.82, 2.24) is 21.3 Å². The molecule has 0 saturated carbocycles. The molecule has 190 valence electrons. The molecule has 36 heavy (non-hydrogen) atoms. The summed E-state index contributed by atoms with van der Waals surface area (Å²) in [7, 11) is 0. The van der Waals surface area contributed by atoms with Crippen LogP contribution in [0.1, 0.15) is 17.0 Å². The van der Waals surface area contributed by atoms with Crippen molar-refractivity contribution in [3.8, 4) is 11.1 Å². The molecule has 12 heteroatoms. The molecule has 0 bridgehead atoms. The zero-order valence-electron chi connectivity index (χ0n) is 19.2. The molecule has 0 heterocycles. The van der Waals surface area contributed by atoms with Gasteiger partial charge in [0, 0.05) is 5.92 Å². The Hall–Kier alpha value is -4.45. The molecule has 0 aliphatic heterocycles. The highest BCUT2D eigenvalue weighted by atomic mass is 16.5. The maximum absolute atomic E-state index is 12.1. The molecule has 0 atom stereocenters. The number of carboxylic acid groups (broad SMARTS) is 1. The van der Waals surface area contributed by atoms with Crippen LogP contribution in [0.4, 0.5) is 4.79 Å². The molecule has 0 radical (unpaired) electrons. The lowest BCUT2D eigenvalue weighted by Gasteiger charge is -2.14. The standard InChI is InChI=1S/C24H26N4O8/c29-20(26-10-22(31)28-14-35-13-23(32)33)9-25-21(30)11-27-24(34)36-12-19-17-7-3-1-5-15(17)16-6-2-4-8-18(16)19/h1-8,19H,9-14H2,(H,25,30)(H,26,29)(H,27,34)(H,28,31)(H,32,33). The molecule has 0 spiro atoms. The van der Waals surface area contributed by atoms with Crippen molar-refractivity contribution in [3.05, 3.63) is 59.7 Å². The van der Waals surface area contributed by atoms with Gasteiger partial charge in [-0.2, -0.15) is 0 Å². The van der Waals surface area contributed by atoms with E-state index in [1.807, 2.05) is 48.5 Å². The van der Waals surface area contributed by atoms with Crippen LogP contribution < -0.4 is 21.3 Å². The van der Waals surface area contributed by atoms with Crippen LogP contribution in [0.3, 0.4) is 0 Å². The first-order valence-corrected chi connectivity index (χ1v) is 11.0. The van der Waals surface area contributed by atoms with Gasteiger partial charge < -0.3 is 35.8 Å². The van der Waals surface area contributed by atoms with Crippen molar-refractivity contribution in [2.45, 2.75) is 5.92 Å². The van der Waals surface area contributed by atoms with Gasteiger partial charge in [0.2, 0.25) is 17.7 Å². The van der Waals surface area contributed by atoms with E-state index in [2.05, 4.69) is 26.0 Å². The van der Waals surface area contributed by atoms with E-state index in [1.165, 1.54) is 0 Å². The smallest absolute Gasteiger partial charge is 0.407 e. The quantitative estimate of drug-likeness (QED) is 0.200. The highest BCUT2D eigenvalue weighted by Gasteiger charge is 2.29. The molecule has 12 nitrogen and oxygen atoms in total. The summed E-state index contributed by atoms with van der Waals surface area (Å²) in [5.41, 5.74) is 4.33. The Kier molecular flexibility index (Phi) is 9.34. The Balaban J connectivity index is 1.32. The highest BCUT2D eigenvalue weighted by Crippen LogP contribution is 2.44. The van der Waals surface area contributed by atoms with Crippen LogP contribution >= 0.6 is 0 Å². The maximum atomic E-state index is 12.1. The lowest BCUT2D eigenvalue weighted by Crippen LogP contribution is -2.44. The van der Waals surface area contributed by atoms with Gasteiger partial charge in [0.05, 0.1) is 13.1 Å². The first kappa shape index (κ1) is 26.2. The summed E-state index contributed by atoms with van der Waals surface area (Å²) in [5, 5.41) is 17.6. The van der Waals surface area contributed by atoms with Crippen molar-refractivity contribution in [1.29, 1.82) is 0 Å². The molecule has 2 aromatic carbocycles. The van der Waals surface area contributed by atoms with Crippen molar-refractivity contribution in [2.75, 3.05) is 39.6 Å². The second-order valence-corrected chi connectivity index (χ2v) is 7.72. The van der Waals surface area contributed by atoms with E-state index in [-0.39, 0.29) is 25.8 Å². The van der Waals surface area contributed by atoms with E-state index >= 15 is 0 Å². The number of nitrogens with one attached hydrogen (secondary N) is 4. The zero-order valence-corrected chi connectivity index (χ0v) is 19.2. The fourth-order valence-electron chi connectivity index (χ4n) is 3.62. The number of carbonyl (C=O) groups is 5. The number of amides is 4. The van der Waals surface area contributed by atoms with Gasteiger partial charge in [0.1, 0.15) is 26.5 Å². The van der Waals surface area contributed by atoms with Crippen LogP contribution in [0.25, 0.3) is 11.1 Å². The summed E-state index contributed by atoms with van der Waals surface area (Å²) in [6.45, 7) is -1.97. The molecule has 3 rings (SSSR count). The molecular weight excluding hydrogens is 472 g/mol. The molecule has 4 amide bonds. The van der Waals surface area contributed by atoms with Crippen molar-refractivity contribution in [2.24, 2.45) is 0 Å². The van der Waals surface area contributed by atoms with Gasteiger partial charge in [0.15, 0.2) is 0 Å². The summed E-state index contributed by atoms with van der Waals surface area (Å²) in [4.78, 5) is 57.5. The Labute approximate surface area is 206 Å². The third-order valence-corrected chi connectivity index (χ3v) is 5.23. The molecule has 0 unspecified atom stereocenters. The molecule has 0 saturated heterocycles. The van der Waals surface area contributed by atoms with E-state index in [0.29, 0.717) is 0 Å². The Morgan fingerprint density at radius 3 is 1.78 bits per heavy atom. The number of benzene rings is 2. The van der Waals surface area contributed by atoms with Gasteiger partial charge >= 0.3 is 12.1 Å². The van der Waals surface area contributed by atoms with E-state index < -0.39 is 49.5 Å². The van der Waals surface area contributed by atoms with E-state index in [9.17, 15) is 24.0 Å². The second-order valence-electron chi connectivity index (χ2n) is 7.72. The summed E-state index contributed by atoms with van der Waals surface area (Å²) in [6, 6.07) is 15.8. The predicted octanol–water partition coefficient (Wildman–Crippen LogP) is -0.0676. The van der Waals surface area contributed by atoms with Crippen LogP contribution in [-0.2, 0) is 28.7 Å². The number of fused-ring (bicyclic) bond motifs is 3. The molecular formula is C24H26N4O8. The Morgan fingerprint density at radius 1 is 0.722 bits per heavy atom. The topological polar surface area (TPSA) is 172 Å². The zero-order chi connectivity index (χ0) is 25.9. The van der Waals surface area contributed by atoms with Gasteiger partial charge in [-0.1, -0.05) is 48.5 Å². The third kappa shape index (κ3) is 7.53. The number of hydrogen-bond donors (Lipinski definition) is 5. The fraction of sp³-hybridized carbons (Fsp3) is 0.292. The van der Waals surface area contributed by atoms with Gasteiger partial charge in [-0.25, -0.2) is 9.59 Å². The minimum Gasteiger partial charge on any atom is -0.480 e. The van der Waals surface area contributed by atoms with E-state index in [4.69, 9.17) is 9.84 Å². The minimum atomic E-state index is -1.18. The Morgan fingerprint density at radius 2 is 1.22 bits per heavy atom. The highest BCUT2D eigenvalue weighted by molar-refractivity contribution is 5.89. The van der Waals surface area contributed by atoms with Crippen molar-refractivity contribution >= 4 is 29.8 Å². The number of alkyl carbamates (subject to hydrolysis) is 1. The first-order valence-electron chi connectivity index (χ1n) is 11.0. The number of ether oxygens (including phenoxy) is 2. The van der Waals surface area contributed by atoms with Crippen molar-refractivity contribution in [3.63, 3.8) is 0 Å². The summed E-state index contributed by atoms with van der Waals surface area (Å²) >= 11 is 0. The summed E-state index contributed by atoms with van der Waals surface area (Å²) in [6.07, 6.45) is -0.766. The van der Waals surface area contributed by atoms with E-state index in [1.54, 1.807) is 0 Å². The normalized spacial score (nSPS) is 11.6. The number of carbonyl (C=O) groups excluding carboxylic acids is 4. The van der Waals surface area contributed by atoms with Crippen LogP contribution in [0.5, 0.6) is 0 Å². The summed E-state index contributed by atoms with van der Waals surface area (Å²) in [5.74, 6) is -3.14. The molecule has 5 N–H and O–H groups in total. The lowest BCUT2D eigenvalue weighted by molar-refractivity contribution is -0.143. The monoisotopic (exact) mass is 498 g/mol. The maximum Gasteiger partial charge on any atom is 0.407 e. The second kappa shape index (κ2) is 12.9. The molecule has 1 aliphatic carbocycles. The van der Waals surface area contributed by atoms with Gasteiger partial charge in [0.25, 0.3) is 0 Å². The minimum absolute atomic E-state index is 0.104.